The second-order valence-corrected chi connectivity index (χ2v) is 8.80. The zero-order valence-electron chi connectivity index (χ0n) is 18.2. The second-order valence-electron chi connectivity index (χ2n) is 8.80. The Morgan fingerprint density at radius 1 is 1.03 bits per heavy atom. The Morgan fingerprint density at radius 2 is 1.69 bits per heavy atom. The van der Waals surface area contributed by atoms with E-state index in [2.05, 4.69) is 30.6 Å². The van der Waals surface area contributed by atoms with Gasteiger partial charge in [-0.05, 0) is 32.1 Å². The molecule has 3 rings (SSSR count). The van der Waals surface area contributed by atoms with Crippen LogP contribution in [0, 0.1) is 0 Å². The van der Waals surface area contributed by atoms with Crippen molar-refractivity contribution in [2.75, 3.05) is 6.54 Å². The van der Waals surface area contributed by atoms with Crippen molar-refractivity contribution in [3.05, 3.63) is 11.7 Å². The predicted molar refractivity (Wildman–Crippen MR) is 109 cm³/mol. The van der Waals surface area contributed by atoms with E-state index in [4.69, 9.17) is 0 Å². The van der Waals surface area contributed by atoms with E-state index in [1.165, 1.54) is 6.42 Å². The lowest BCUT2D eigenvalue weighted by Gasteiger charge is -2.30. The van der Waals surface area contributed by atoms with E-state index in [9.17, 15) is 22.8 Å². The van der Waals surface area contributed by atoms with Gasteiger partial charge in [0.2, 0.25) is 5.91 Å². The molecule has 1 aromatic rings. The quantitative estimate of drug-likeness (QED) is 0.419. The number of nitrogens with one attached hydrogen (secondary N) is 3. The van der Waals surface area contributed by atoms with E-state index in [1.54, 1.807) is 0 Å². The van der Waals surface area contributed by atoms with E-state index in [0.717, 1.165) is 51.4 Å². The molecule has 1 aromatic heterocycles. The molecule has 8 nitrogen and oxygen atoms in total. The number of nitrogens with zero attached hydrogens (tertiary/aromatic N) is 2. The van der Waals surface area contributed by atoms with Crippen molar-refractivity contribution >= 4 is 11.9 Å². The highest BCUT2D eigenvalue weighted by atomic mass is 19.4. The first kappa shape index (κ1) is 24.3. The number of aromatic nitrogens is 2. The maximum Gasteiger partial charge on any atom is 0.471 e. The normalized spacial score (nSPS) is 19.7. The molecule has 3 amide bonds. The summed E-state index contributed by atoms with van der Waals surface area (Å²) in [5, 5.41) is 12.2. The summed E-state index contributed by atoms with van der Waals surface area (Å²) >= 11 is 0. The molecule has 0 bridgehead atoms. The molecule has 1 heterocycles. The Bertz CT molecular complexity index is 754. The maximum atomic E-state index is 12.9. The van der Waals surface area contributed by atoms with Gasteiger partial charge in [-0.3, -0.25) is 4.79 Å². The van der Waals surface area contributed by atoms with Gasteiger partial charge < -0.3 is 20.5 Å². The Morgan fingerprint density at radius 3 is 2.31 bits per heavy atom. The summed E-state index contributed by atoms with van der Waals surface area (Å²) in [6.07, 6.45) is 5.53. The molecule has 0 atom stereocenters. The molecule has 2 fully saturated rings. The van der Waals surface area contributed by atoms with Gasteiger partial charge in [-0.2, -0.15) is 18.2 Å². The third-order valence-corrected chi connectivity index (χ3v) is 6.24. The Hall–Kier alpha value is -2.33. The zero-order chi connectivity index (χ0) is 23.0. The fourth-order valence-corrected chi connectivity index (χ4v) is 4.53. The molecule has 180 valence electrons. The van der Waals surface area contributed by atoms with Gasteiger partial charge in [-0.1, -0.05) is 50.1 Å². The van der Waals surface area contributed by atoms with Crippen molar-refractivity contribution < 1.29 is 27.3 Å². The number of hydrogen-bond acceptors (Lipinski definition) is 5. The van der Waals surface area contributed by atoms with E-state index in [1.807, 2.05) is 0 Å². The summed E-state index contributed by atoms with van der Waals surface area (Å²) in [6, 6.07) is -0.0253. The van der Waals surface area contributed by atoms with Crippen molar-refractivity contribution in [1.82, 2.24) is 26.1 Å². The minimum absolute atomic E-state index is 0.120. The minimum Gasteiger partial charge on any atom is -0.343 e. The van der Waals surface area contributed by atoms with E-state index in [0.29, 0.717) is 25.8 Å². The summed E-state index contributed by atoms with van der Waals surface area (Å²) in [7, 11) is 0. The molecule has 0 unspecified atom stereocenters. The third-order valence-electron chi connectivity index (χ3n) is 6.24. The lowest BCUT2D eigenvalue weighted by Crippen LogP contribution is -2.47. The molecule has 2 saturated carbocycles. The number of carbonyl (C=O) groups excluding carboxylic acids is 2. The standard InChI is InChI=1S/C21H32F3N5O3/c22-21(23,24)18-27-17(29-32-18)20(12-6-1-2-7-13-20)28-16(30)11-8-14-25-19(31)26-15-9-4-3-5-10-15/h15H,1-14H2,(H,28,30)(H2,25,26,31). The maximum absolute atomic E-state index is 12.9. The average molecular weight is 460 g/mol. The molecule has 0 aromatic carbocycles. The lowest BCUT2D eigenvalue weighted by atomic mass is 9.89. The van der Waals surface area contributed by atoms with Gasteiger partial charge in [0, 0.05) is 19.0 Å². The summed E-state index contributed by atoms with van der Waals surface area (Å²) in [5.74, 6) is -1.83. The van der Waals surface area contributed by atoms with E-state index >= 15 is 0 Å². The molecule has 32 heavy (non-hydrogen) atoms. The highest BCUT2D eigenvalue weighted by Crippen LogP contribution is 2.36. The fraction of sp³-hybridized carbons (Fsp3) is 0.810. The van der Waals surface area contributed by atoms with Crippen LogP contribution in [0.4, 0.5) is 18.0 Å². The number of carbonyl (C=O) groups is 2. The van der Waals surface area contributed by atoms with Crippen LogP contribution in [0.25, 0.3) is 0 Å². The first-order chi connectivity index (χ1) is 15.3. The Labute approximate surface area is 185 Å². The van der Waals surface area contributed by atoms with Gasteiger partial charge in [0.1, 0.15) is 5.54 Å². The molecule has 2 aliphatic carbocycles. The van der Waals surface area contributed by atoms with Gasteiger partial charge in [0.25, 0.3) is 0 Å². The van der Waals surface area contributed by atoms with Crippen molar-refractivity contribution in [3.8, 4) is 0 Å². The van der Waals surface area contributed by atoms with Crippen molar-refractivity contribution in [2.45, 2.75) is 101 Å². The highest BCUT2D eigenvalue weighted by Gasteiger charge is 2.44. The van der Waals surface area contributed by atoms with Crippen LogP contribution >= 0.6 is 0 Å². The van der Waals surface area contributed by atoms with Crippen LogP contribution < -0.4 is 16.0 Å². The molecule has 2 aliphatic rings. The van der Waals surface area contributed by atoms with Crippen LogP contribution in [0.2, 0.25) is 0 Å². The van der Waals surface area contributed by atoms with Crippen LogP contribution in [0.5, 0.6) is 0 Å². The molecular weight excluding hydrogens is 427 g/mol. The second kappa shape index (κ2) is 11.0. The molecule has 0 spiro atoms. The molecule has 0 radical (unpaired) electrons. The first-order valence-electron chi connectivity index (χ1n) is 11.6. The molecule has 0 saturated heterocycles. The summed E-state index contributed by atoms with van der Waals surface area (Å²) in [5.41, 5.74) is -1.06. The van der Waals surface area contributed by atoms with Crippen LogP contribution in [-0.4, -0.2) is 34.7 Å². The SMILES string of the molecule is O=C(CCCNC(=O)NC1CCCCC1)NC1(c2noc(C(F)(F)F)n2)CCCCCC1. The van der Waals surface area contributed by atoms with Gasteiger partial charge in [0.05, 0.1) is 0 Å². The molecule has 0 aliphatic heterocycles. The summed E-state index contributed by atoms with van der Waals surface area (Å²) in [6.45, 7) is 0.333. The van der Waals surface area contributed by atoms with Crippen LogP contribution in [0.3, 0.4) is 0 Å². The number of halogens is 3. The van der Waals surface area contributed by atoms with Crippen LogP contribution in [-0.2, 0) is 16.5 Å². The van der Waals surface area contributed by atoms with Gasteiger partial charge in [0.15, 0.2) is 5.82 Å². The number of rotatable bonds is 7. The molecule has 3 N–H and O–H groups in total. The highest BCUT2D eigenvalue weighted by molar-refractivity contribution is 5.77. The monoisotopic (exact) mass is 459 g/mol. The van der Waals surface area contributed by atoms with Crippen molar-refractivity contribution in [2.24, 2.45) is 0 Å². The molecular formula is C21H32F3N5O3. The van der Waals surface area contributed by atoms with Gasteiger partial charge >= 0.3 is 18.1 Å². The topological polar surface area (TPSA) is 109 Å². The zero-order valence-corrected chi connectivity index (χ0v) is 18.2. The van der Waals surface area contributed by atoms with Gasteiger partial charge in [-0.15, -0.1) is 0 Å². The number of amides is 3. The van der Waals surface area contributed by atoms with E-state index in [-0.39, 0.29) is 30.2 Å². The third kappa shape index (κ3) is 6.83. The fourth-order valence-electron chi connectivity index (χ4n) is 4.53. The van der Waals surface area contributed by atoms with E-state index < -0.39 is 17.6 Å². The number of alkyl halides is 3. The largest absolute Gasteiger partial charge is 0.471 e. The first-order valence-corrected chi connectivity index (χ1v) is 11.6. The van der Waals surface area contributed by atoms with Crippen molar-refractivity contribution in [3.63, 3.8) is 0 Å². The van der Waals surface area contributed by atoms with Gasteiger partial charge in [-0.25, -0.2) is 4.79 Å². The van der Waals surface area contributed by atoms with Crippen LogP contribution in [0.15, 0.2) is 4.52 Å². The number of urea groups is 1. The Kier molecular flexibility index (Phi) is 8.36. The summed E-state index contributed by atoms with van der Waals surface area (Å²) in [4.78, 5) is 28.2. The average Bonchev–Trinajstić information content (AvgIpc) is 3.15. The lowest BCUT2D eigenvalue weighted by molar-refractivity contribution is -0.159. The Balaban J connectivity index is 1.50. The predicted octanol–water partition coefficient (Wildman–Crippen LogP) is 4.17. The van der Waals surface area contributed by atoms with Crippen molar-refractivity contribution in [1.29, 1.82) is 0 Å². The smallest absolute Gasteiger partial charge is 0.343 e. The van der Waals surface area contributed by atoms with Crippen LogP contribution in [0.1, 0.15) is 95.2 Å². The number of hydrogen-bond donors (Lipinski definition) is 3. The molecule has 11 heteroatoms. The minimum atomic E-state index is -4.73. The summed E-state index contributed by atoms with van der Waals surface area (Å²) < 4.78 is 43.2.